The third-order valence-electron chi connectivity index (χ3n) is 5.11. The Bertz CT molecular complexity index is 1370. The van der Waals surface area contributed by atoms with Crippen LogP contribution in [0.25, 0.3) is 27.5 Å². The average Bonchev–Trinajstić information content (AvgIpc) is 3.30. The predicted octanol–water partition coefficient (Wildman–Crippen LogP) is 4.96. The van der Waals surface area contributed by atoms with Crippen LogP contribution < -0.4 is 0 Å². The molecule has 28 heavy (non-hydrogen) atoms. The number of H-pyrrole nitrogens is 1. The number of Topliss-reactive ketones (excluding diaryl/α,β-unsaturated/α-hetero) is 1. The highest BCUT2D eigenvalue weighted by atomic mass is 32.2. The van der Waals surface area contributed by atoms with Gasteiger partial charge in [0.05, 0.1) is 11.3 Å². The summed E-state index contributed by atoms with van der Waals surface area (Å²) in [6, 6.07) is 16.2. The van der Waals surface area contributed by atoms with Crippen LogP contribution in [0.3, 0.4) is 0 Å². The van der Waals surface area contributed by atoms with Gasteiger partial charge >= 0.3 is 0 Å². The molecule has 0 saturated carbocycles. The van der Waals surface area contributed by atoms with Crippen molar-refractivity contribution < 1.29 is 4.79 Å². The van der Waals surface area contributed by atoms with Crippen LogP contribution in [0, 0.1) is 13.8 Å². The van der Waals surface area contributed by atoms with Gasteiger partial charge in [-0.15, -0.1) is 10.2 Å². The van der Waals surface area contributed by atoms with Gasteiger partial charge < -0.3 is 4.98 Å². The van der Waals surface area contributed by atoms with Crippen LogP contribution in [0.2, 0.25) is 0 Å². The summed E-state index contributed by atoms with van der Waals surface area (Å²) in [7, 11) is 0. The minimum Gasteiger partial charge on any atom is -0.360 e. The van der Waals surface area contributed by atoms with Gasteiger partial charge in [0.1, 0.15) is 0 Å². The maximum Gasteiger partial charge on any atom is 0.196 e. The van der Waals surface area contributed by atoms with E-state index in [0.29, 0.717) is 11.3 Å². The number of hydrogen-bond acceptors (Lipinski definition) is 4. The van der Waals surface area contributed by atoms with Crippen LogP contribution in [0.5, 0.6) is 0 Å². The zero-order chi connectivity index (χ0) is 19.3. The number of hydrogen-bond donors (Lipinski definition) is 1. The van der Waals surface area contributed by atoms with E-state index < -0.39 is 0 Å². The highest BCUT2D eigenvalue weighted by Gasteiger charge is 2.16. The van der Waals surface area contributed by atoms with Crippen molar-refractivity contribution in [3.63, 3.8) is 0 Å². The number of aromatic amines is 1. The molecule has 5 nitrogen and oxygen atoms in total. The minimum absolute atomic E-state index is 0.0762. The van der Waals surface area contributed by atoms with Gasteiger partial charge in [-0.25, -0.2) is 0 Å². The van der Waals surface area contributed by atoms with Crippen molar-refractivity contribution in [1.29, 1.82) is 0 Å². The van der Waals surface area contributed by atoms with Crippen LogP contribution in [0.15, 0.2) is 59.9 Å². The van der Waals surface area contributed by atoms with E-state index in [1.54, 1.807) is 6.20 Å². The fourth-order valence-corrected chi connectivity index (χ4v) is 4.56. The molecule has 0 radical (unpaired) electrons. The minimum atomic E-state index is 0.0762. The van der Waals surface area contributed by atoms with Gasteiger partial charge in [-0.1, -0.05) is 48.2 Å². The van der Waals surface area contributed by atoms with Crippen molar-refractivity contribution in [2.24, 2.45) is 0 Å². The SMILES string of the molecule is Cc1cc2nnc(SCC(=O)c3c[nH]c4ccccc34)n2c2c(C)cccc12. The number of nitrogens with one attached hydrogen (secondary N) is 1. The van der Waals surface area contributed by atoms with Gasteiger partial charge in [0.2, 0.25) is 0 Å². The molecule has 0 unspecified atom stereocenters. The van der Waals surface area contributed by atoms with E-state index in [1.807, 2.05) is 30.3 Å². The van der Waals surface area contributed by atoms with Crippen LogP contribution >= 0.6 is 11.8 Å². The number of ketones is 1. The Morgan fingerprint density at radius 3 is 2.75 bits per heavy atom. The van der Waals surface area contributed by atoms with E-state index >= 15 is 0 Å². The van der Waals surface area contributed by atoms with E-state index in [2.05, 4.69) is 51.6 Å². The first kappa shape index (κ1) is 17.0. The van der Waals surface area contributed by atoms with Crippen molar-refractivity contribution in [3.05, 3.63) is 71.4 Å². The van der Waals surface area contributed by atoms with Crippen molar-refractivity contribution in [2.45, 2.75) is 19.0 Å². The van der Waals surface area contributed by atoms with Gasteiger partial charge in [0.25, 0.3) is 0 Å². The lowest BCUT2D eigenvalue weighted by Gasteiger charge is -2.09. The first-order valence-electron chi connectivity index (χ1n) is 9.09. The van der Waals surface area contributed by atoms with Crippen LogP contribution in [0.4, 0.5) is 0 Å². The molecule has 138 valence electrons. The lowest BCUT2D eigenvalue weighted by molar-refractivity contribution is 0.102. The number of aryl methyl sites for hydroxylation is 2. The molecule has 0 aliphatic carbocycles. The molecule has 1 N–H and O–H groups in total. The Kier molecular flexibility index (Phi) is 3.94. The second kappa shape index (κ2) is 6.49. The standard InChI is InChI=1S/C22H18N4OS/c1-13-6-5-8-15-14(2)10-20-24-25-22(26(20)21(13)15)28-12-19(27)17-11-23-18-9-4-3-7-16(17)18/h3-11,23H,12H2,1-2H3. The monoisotopic (exact) mass is 386 g/mol. The molecule has 0 saturated heterocycles. The van der Waals surface area contributed by atoms with Gasteiger partial charge in [0, 0.05) is 28.0 Å². The number of thioether (sulfide) groups is 1. The lowest BCUT2D eigenvalue weighted by Crippen LogP contribution is -2.03. The molecule has 3 heterocycles. The van der Waals surface area contributed by atoms with Crippen LogP contribution in [-0.4, -0.2) is 31.1 Å². The quantitative estimate of drug-likeness (QED) is 0.350. The molecule has 0 spiro atoms. The summed E-state index contributed by atoms with van der Waals surface area (Å²) < 4.78 is 2.06. The third-order valence-corrected chi connectivity index (χ3v) is 6.04. The first-order valence-corrected chi connectivity index (χ1v) is 10.1. The number of aromatic nitrogens is 4. The molecule has 5 aromatic rings. The van der Waals surface area contributed by atoms with Gasteiger partial charge in [-0.05, 0) is 37.1 Å². The fraction of sp³-hybridized carbons (Fsp3) is 0.136. The molecule has 6 heteroatoms. The molecule has 0 atom stereocenters. The fourth-order valence-electron chi connectivity index (χ4n) is 3.73. The summed E-state index contributed by atoms with van der Waals surface area (Å²) in [4.78, 5) is 16.0. The summed E-state index contributed by atoms with van der Waals surface area (Å²) in [5, 5.41) is 11.6. The number of para-hydroxylation sites is 2. The first-order chi connectivity index (χ1) is 13.6. The van der Waals surface area contributed by atoms with Crippen LogP contribution in [-0.2, 0) is 0 Å². The predicted molar refractivity (Wildman–Crippen MR) is 113 cm³/mol. The van der Waals surface area contributed by atoms with Gasteiger partial charge in [0.15, 0.2) is 16.6 Å². The van der Waals surface area contributed by atoms with Crippen molar-refractivity contribution in [3.8, 4) is 0 Å². The number of fused-ring (bicyclic) bond motifs is 4. The van der Waals surface area contributed by atoms with Crippen molar-refractivity contribution in [1.82, 2.24) is 19.6 Å². The molecule has 0 fully saturated rings. The Labute approximate surface area is 165 Å². The normalized spacial score (nSPS) is 11.6. The van der Waals surface area contributed by atoms with Gasteiger partial charge in [-0.3, -0.25) is 9.20 Å². The van der Waals surface area contributed by atoms with E-state index in [9.17, 15) is 4.79 Å². The number of nitrogens with zero attached hydrogens (tertiary/aromatic N) is 3. The largest absolute Gasteiger partial charge is 0.360 e. The molecular weight excluding hydrogens is 368 g/mol. The van der Waals surface area contributed by atoms with Crippen LogP contribution in [0.1, 0.15) is 21.5 Å². The van der Waals surface area contributed by atoms with Gasteiger partial charge in [-0.2, -0.15) is 0 Å². The number of benzene rings is 2. The lowest BCUT2D eigenvalue weighted by atomic mass is 10.1. The summed E-state index contributed by atoms with van der Waals surface area (Å²) in [5.74, 6) is 0.386. The molecule has 2 aromatic carbocycles. The number of carbonyl (C=O) groups excluding carboxylic acids is 1. The zero-order valence-electron chi connectivity index (χ0n) is 15.6. The molecule has 3 aromatic heterocycles. The third kappa shape index (κ3) is 2.60. The molecule has 0 amide bonds. The van der Waals surface area contributed by atoms with Crippen molar-refractivity contribution in [2.75, 3.05) is 5.75 Å². The summed E-state index contributed by atoms with van der Waals surface area (Å²) in [5.41, 5.74) is 5.93. The second-order valence-corrected chi connectivity index (χ2v) is 7.88. The van der Waals surface area contributed by atoms with E-state index in [0.717, 1.165) is 32.8 Å². The Morgan fingerprint density at radius 2 is 1.86 bits per heavy atom. The summed E-state index contributed by atoms with van der Waals surface area (Å²) in [6.45, 7) is 4.18. The zero-order valence-corrected chi connectivity index (χ0v) is 16.4. The number of pyridine rings is 1. The molecular formula is C22H18N4OS. The summed E-state index contributed by atoms with van der Waals surface area (Å²) >= 11 is 1.43. The maximum atomic E-state index is 12.8. The topological polar surface area (TPSA) is 63.0 Å². The molecule has 5 rings (SSSR count). The Hall–Kier alpha value is -3.12. The Morgan fingerprint density at radius 1 is 1.04 bits per heavy atom. The van der Waals surface area contributed by atoms with E-state index in [-0.39, 0.29) is 5.78 Å². The van der Waals surface area contributed by atoms with Crippen molar-refractivity contribution >= 4 is 45.0 Å². The number of carbonyl (C=O) groups is 1. The Balaban J connectivity index is 1.53. The van der Waals surface area contributed by atoms with E-state index in [4.69, 9.17) is 0 Å². The smallest absolute Gasteiger partial charge is 0.196 e. The highest BCUT2D eigenvalue weighted by Crippen LogP contribution is 2.28. The molecule has 0 aliphatic heterocycles. The second-order valence-electron chi connectivity index (χ2n) is 6.93. The molecule has 0 aliphatic rings. The average molecular weight is 386 g/mol. The van der Waals surface area contributed by atoms with E-state index in [1.165, 1.54) is 22.7 Å². The highest BCUT2D eigenvalue weighted by molar-refractivity contribution is 7.99. The maximum absolute atomic E-state index is 12.8. The number of rotatable bonds is 4. The summed E-state index contributed by atoms with van der Waals surface area (Å²) in [6.07, 6.45) is 1.79. The molecule has 0 bridgehead atoms.